The van der Waals surface area contributed by atoms with Gasteiger partial charge in [-0.2, -0.15) is 0 Å². The fourth-order valence-electron chi connectivity index (χ4n) is 2.07. The maximum atomic E-state index is 12.0. The average Bonchev–Trinajstić information content (AvgIpc) is 2.52. The van der Waals surface area contributed by atoms with E-state index < -0.39 is 0 Å². The molecule has 116 valence electrons. The molecule has 3 nitrogen and oxygen atoms in total. The lowest BCUT2D eigenvalue weighted by atomic mass is 10.1. The number of rotatable bonds is 7. The first-order valence-corrected chi connectivity index (χ1v) is 7.77. The maximum Gasteiger partial charge on any atom is 0.251 e. The van der Waals surface area contributed by atoms with Crippen LogP contribution in [0.1, 0.15) is 28.8 Å². The van der Waals surface area contributed by atoms with Crippen LogP contribution in [0.5, 0.6) is 5.75 Å². The van der Waals surface area contributed by atoms with Crippen molar-refractivity contribution in [2.24, 2.45) is 0 Å². The van der Waals surface area contributed by atoms with Gasteiger partial charge in [0.05, 0.1) is 6.61 Å². The molecule has 0 aliphatic rings. The Kier molecular flexibility index (Phi) is 6.28. The summed E-state index contributed by atoms with van der Waals surface area (Å²) in [6, 6.07) is 14.9. The van der Waals surface area contributed by atoms with Crippen molar-refractivity contribution >= 4 is 17.5 Å². The minimum Gasteiger partial charge on any atom is -0.494 e. The molecule has 0 fully saturated rings. The Morgan fingerprint density at radius 2 is 1.82 bits per heavy atom. The smallest absolute Gasteiger partial charge is 0.251 e. The van der Waals surface area contributed by atoms with E-state index in [1.54, 1.807) is 12.1 Å². The van der Waals surface area contributed by atoms with Gasteiger partial charge < -0.3 is 10.1 Å². The third kappa shape index (κ3) is 5.08. The van der Waals surface area contributed by atoms with Crippen LogP contribution in [-0.4, -0.2) is 19.1 Å². The van der Waals surface area contributed by atoms with Crippen molar-refractivity contribution in [1.29, 1.82) is 0 Å². The van der Waals surface area contributed by atoms with E-state index in [-0.39, 0.29) is 5.91 Å². The summed E-state index contributed by atoms with van der Waals surface area (Å²) in [6.07, 6.45) is 1.77. The number of nitrogens with one attached hydrogen (secondary N) is 1. The summed E-state index contributed by atoms with van der Waals surface area (Å²) >= 11 is 5.81. The maximum absolute atomic E-state index is 12.0. The predicted molar refractivity (Wildman–Crippen MR) is 89.7 cm³/mol. The number of amides is 1. The third-order valence-electron chi connectivity index (χ3n) is 3.33. The molecule has 0 spiro atoms. The van der Waals surface area contributed by atoms with Gasteiger partial charge in [-0.3, -0.25) is 4.79 Å². The molecule has 2 aromatic rings. The molecule has 1 N–H and O–H groups in total. The number of halogens is 1. The highest BCUT2D eigenvalue weighted by Gasteiger charge is 2.06. The van der Waals surface area contributed by atoms with Gasteiger partial charge in [0.15, 0.2) is 0 Å². The van der Waals surface area contributed by atoms with Crippen LogP contribution in [0.4, 0.5) is 0 Å². The van der Waals surface area contributed by atoms with Crippen LogP contribution in [0.3, 0.4) is 0 Å². The number of aryl methyl sites for hydroxylation is 1. The predicted octanol–water partition coefficient (Wildman–Crippen LogP) is 4.24. The summed E-state index contributed by atoms with van der Waals surface area (Å²) in [6.45, 7) is 3.22. The molecule has 0 bridgehead atoms. The Morgan fingerprint density at radius 1 is 1.09 bits per heavy atom. The summed E-state index contributed by atoms with van der Waals surface area (Å²) in [5.74, 6) is 0.796. The molecule has 0 aliphatic heterocycles. The van der Waals surface area contributed by atoms with Crippen LogP contribution >= 0.6 is 11.6 Å². The van der Waals surface area contributed by atoms with Crippen LogP contribution in [0, 0.1) is 6.92 Å². The minimum absolute atomic E-state index is 0.0169. The Morgan fingerprint density at radius 3 is 2.55 bits per heavy atom. The van der Waals surface area contributed by atoms with Gasteiger partial charge in [0.1, 0.15) is 5.75 Å². The highest BCUT2D eigenvalue weighted by atomic mass is 35.5. The fourth-order valence-corrected chi connectivity index (χ4v) is 2.20. The number of carbonyl (C=O) groups is 1. The molecule has 22 heavy (non-hydrogen) atoms. The summed E-state index contributed by atoms with van der Waals surface area (Å²) in [5.41, 5.74) is 1.73. The fraction of sp³-hybridized carbons (Fsp3) is 0.278. The van der Waals surface area contributed by atoms with Gasteiger partial charge in [0.25, 0.3) is 5.91 Å². The number of hydrogen-bond acceptors (Lipinski definition) is 2. The molecule has 2 aromatic carbocycles. The zero-order valence-electron chi connectivity index (χ0n) is 12.6. The van der Waals surface area contributed by atoms with Crippen molar-refractivity contribution in [2.45, 2.75) is 19.8 Å². The Labute approximate surface area is 136 Å². The summed E-state index contributed by atoms with van der Waals surface area (Å²) < 4.78 is 5.60. The molecule has 0 heterocycles. The SMILES string of the molecule is Cc1ccccc1C(=O)NCCCCOc1ccc(Cl)cc1. The van der Waals surface area contributed by atoms with Crippen LogP contribution < -0.4 is 10.1 Å². The van der Waals surface area contributed by atoms with Crippen LogP contribution in [-0.2, 0) is 0 Å². The number of ether oxygens (including phenoxy) is 1. The summed E-state index contributed by atoms with van der Waals surface area (Å²) in [5, 5.41) is 3.63. The zero-order valence-corrected chi connectivity index (χ0v) is 13.4. The number of hydrogen-bond donors (Lipinski definition) is 1. The molecule has 0 aromatic heterocycles. The zero-order chi connectivity index (χ0) is 15.8. The first-order valence-electron chi connectivity index (χ1n) is 7.39. The Bertz CT molecular complexity index is 611. The van der Waals surface area contributed by atoms with Gasteiger partial charge in [0.2, 0.25) is 0 Å². The van der Waals surface area contributed by atoms with Crippen molar-refractivity contribution in [1.82, 2.24) is 5.32 Å². The number of benzene rings is 2. The molecular weight excluding hydrogens is 298 g/mol. The topological polar surface area (TPSA) is 38.3 Å². The third-order valence-corrected chi connectivity index (χ3v) is 3.58. The van der Waals surface area contributed by atoms with E-state index >= 15 is 0 Å². The first kappa shape index (κ1) is 16.4. The van der Waals surface area contributed by atoms with E-state index in [2.05, 4.69) is 5.32 Å². The van der Waals surface area contributed by atoms with Crippen molar-refractivity contribution < 1.29 is 9.53 Å². The lowest BCUT2D eigenvalue weighted by Crippen LogP contribution is -2.25. The van der Waals surface area contributed by atoms with E-state index in [4.69, 9.17) is 16.3 Å². The van der Waals surface area contributed by atoms with Gasteiger partial charge in [-0.15, -0.1) is 0 Å². The van der Waals surface area contributed by atoms with Crippen molar-refractivity contribution in [3.8, 4) is 5.75 Å². The Balaban J connectivity index is 1.62. The van der Waals surface area contributed by atoms with E-state index in [1.807, 2.05) is 43.3 Å². The summed E-state index contributed by atoms with van der Waals surface area (Å²) in [4.78, 5) is 12.0. The number of carbonyl (C=O) groups excluding carboxylic acids is 1. The molecule has 0 atom stereocenters. The molecule has 1 amide bonds. The molecule has 0 saturated heterocycles. The van der Waals surface area contributed by atoms with Gasteiger partial charge in [-0.25, -0.2) is 0 Å². The highest BCUT2D eigenvalue weighted by Crippen LogP contribution is 2.15. The quantitative estimate of drug-likeness (QED) is 0.776. The second kappa shape index (κ2) is 8.44. The van der Waals surface area contributed by atoms with E-state index in [1.165, 1.54) is 0 Å². The van der Waals surface area contributed by atoms with Gasteiger partial charge in [-0.1, -0.05) is 29.8 Å². The van der Waals surface area contributed by atoms with E-state index in [9.17, 15) is 4.79 Å². The molecule has 4 heteroatoms. The second-order valence-corrected chi connectivity index (χ2v) is 5.52. The van der Waals surface area contributed by atoms with E-state index in [0.717, 1.165) is 29.7 Å². The molecular formula is C18H20ClNO2. The minimum atomic E-state index is -0.0169. The monoisotopic (exact) mass is 317 g/mol. The molecule has 0 saturated carbocycles. The second-order valence-electron chi connectivity index (χ2n) is 5.08. The lowest BCUT2D eigenvalue weighted by Gasteiger charge is -2.08. The van der Waals surface area contributed by atoms with Crippen LogP contribution in [0.15, 0.2) is 48.5 Å². The van der Waals surface area contributed by atoms with Gasteiger partial charge >= 0.3 is 0 Å². The average molecular weight is 318 g/mol. The van der Waals surface area contributed by atoms with Gasteiger partial charge in [-0.05, 0) is 55.7 Å². The van der Waals surface area contributed by atoms with E-state index in [0.29, 0.717) is 18.2 Å². The Hall–Kier alpha value is -2.00. The van der Waals surface area contributed by atoms with Crippen LogP contribution in [0.2, 0.25) is 5.02 Å². The van der Waals surface area contributed by atoms with Crippen molar-refractivity contribution in [2.75, 3.05) is 13.2 Å². The lowest BCUT2D eigenvalue weighted by molar-refractivity contribution is 0.0951. The molecule has 0 aliphatic carbocycles. The highest BCUT2D eigenvalue weighted by molar-refractivity contribution is 6.30. The van der Waals surface area contributed by atoms with Gasteiger partial charge in [0, 0.05) is 17.1 Å². The normalized spacial score (nSPS) is 10.3. The molecule has 0 unspecified atom stereocenters. The first-order chi connectivity index (χ1) is 10.7. The standard InChI is InChI=1S/C18H20ClNO2/c1-14-6-2-3-7-17(14)18(21)20-12-4-5-13-22-16-10-8-15(19)9-11-16/h2-3,6-11H,4-5,12-13H2,1H3,(H,20,21). The summed E-state index contributed by atoms with van der Waals surface area (Å²) in [7, 11) is 0. The molecule has 2 rings (SSSR count). The van der Waals surface area contributed by atoms with Crippen molar-refractivity contribution in [3.63, 3.8) is 0 Å². The largest absolute Gasteiger partial charge is 0.494 e. The number of unbranched alkanes of at least 4 members (excludes halogenated alkanes) is 1. The van der Waals surface area contributed by atoms with Crippen molar-refractivity contribution in [3.05, 3.63) is 64.7 Å². The molecule has 0 radical (unpaired) electrons. The van der Waals surface area contributed by atoms with Crippen LogP contribution in [0.25, 0.3) is 0 Å².